The van der Waals surface area contributed by atoms with Crippen molar-refractivity contribution >= 4 is 34.9 Å². The number of nitrogens with zero attached hydrogens (tertiary/aromatic N) is 1. The summed E-state index contributed by atoms with van der Waals surface area (Å²) in [6.07, 6.45) is 0. The van der Waals surface area contributed by atoms with E-state index >= 15 is 0 Å². The largest absolute Gasteiger partial charge is 0.485 e. The second-order valence-electron chi connectivity index (χ2n) is 7.78. The summed E-state index contributed by atoms with van der Waals surface area (Å²) < 4.78 is 11.1. The standard InChI is InChI=1S/C26H23ClN2O5/c1-17(26(32)28-14-18-6-3-2-4-7-18)29-22-12-19(10-11-24(22)34-16-25(29)31)23(30)15-33-21-9-5-8-20(27)13-21/h2-13,17H,14-16H2,1H3,(H,28,32). The van der Waals surface area contributed by atoms with Crippen LogP contribution < -0.4 is 19.7 Å². The van der Waals surface area contributed by atoms with Crippen LogP contribution in [0.2, 0.25) is 5.02 Å². The molecule has 2 amide bonds. The summed E-state index contributed by atoms with van der Waals surface area (Å²) in [7, 11) is 0. The fourth-order valence-electron chi connectivity index (χ4n) is 3.61. The Kier molecular flexibility index (Phi) is 7.13. The van der Waals surface area contributed by atoms with E-state index in [-0.39, 0.29) is 30.8 Å². The molecule has 1 N–H and O–H groups in total. The van der Waals surface area contributed by atoms with Crippen molar-refractivity contribution in [2.24, 2.45) is 0 Å². The Morgan fingerprint density at radius 1 is 1.09 bits per heavy atom. The molecule has 0 saturated heterocycles. The average molecular weight is 479 g/mol. The summed E-state index contributed by atoms with van der Waals surface area (Å²) in [6, 6.07) is 20.2. The summed E-state index contributed by atoms with van der Waals surface area (Å²) in [5.74, 6) is -0.0695. The van der Waals surface area contributed by atoms with Crippen molar-refractivity contribution in [3.8, 4) is 11.5 Å². The normalized spacial score (nSPS) is 13.5. The minimum atomic E-state index is -0.799. The lowest BCUT2D eigenvalue weighted by atomic mass is 10.1. The molecule has 0 fully saturated rings. The Bertz CT molecular complexity index is 1210. The number of fused-ring (bicyclic) bond motifs is 1. The zero-order valence-electron chi connectivity index (χ0n) is 18.5. The minimum absolute atomic E-state index is 0.186. The van der Waals surface area contributed by atoms with Gasteiger partial charge in [0.2, 0.25) is 5.91 Å². The van der Waals surface area contributed by atoms with Gasteiger partial charge in [-0.05, 0) is 48.9 Å². The third kappa shape index (κ3) is 5.38. The number of carbonyl (C=O) groups is 3. The van der Waals surface area contributed by atoms with Crippen LogP contribution in [-0.2, 0) is 16.1 Å². The molecule has 0 bridgehead atoms. The lowest BCUT2D eigenvalue weighted by Crippen LogP contribution is -2.51. The molecule has 174 valence electrons. The smallest absolute Gasteiger partial charge is 0.265 e. The number of rotatable bonds is 8. The van der Waals surface area contributed by atoms with Crippen LogP contribution in [0.5, 0.6) is 11.5 Å². The van der Waals surface area contributed by atoms with Crippen molar-refractivity contribution in [1.82, 2.24) is 5.32 Å². The van der Waals surface area contributed by atoms with Crippen LogP contribution in [0, 0.1) is 0 Å². The first-order chi connectivity index (χ1) is 16.4. The first-order valence-corrected chi connectivity index (χ1v) is 11.1. The molecule has 7 nitrogen and oxygen atoms in total. The van der Waals surface area contributed by atoms with Crippen molar-refractivity contribution in [3.05, 3.63) is 88.9 Å². The third-order valence-corrected chi connectivity index (χ3v) is 5.64. The van der Waals surface area contributed by atoms with Crippen LogP contribution in [-0.4, -0.2) is 36.9 Å². The average Bonchev–Trinajstić information content (AvgIpc) is 2.85. The number of hydrogen-bond acceptors (Lipinski definition) is 5. The van der Waals surface area contributed by atoms with Crippen molar-refractivity contribution in [3.63, 3.8) is 0 Å². The van der Waals surface area contributed by atoms with E-state index in [0.717, 1.165) is 5.56 Å². The molecule has 0 spiro atoms. The quantitative estimate of drug-likeness (QED) is 0.494. The van der Waals surface area contributed by atoms with Gasteiger partial charge in [-0.2, -0.15) is 0 Å². The van der Waals surface area contributed by atoms with Crippen molar-refractivity contribution < 1.29 is 23.9 Å². The number of Topliss-reactive ketones (excluding diaryl/α,β-unsaturated/α-hetero) is 1. The summed E-state index contributed by atoms with van der Waals surface area (Å²) in [5.41, 5.74) is 1.65. The van der Waals surface area contributed by atoms with Gasteiger partial charge < -0.3 is 14.8 Å². The molecule has 0 saturated carbocycles. The highest BCUT2D eigenvalue weighted by atomic mass is 35.5. The van der Waals surface area contributed by atoms with Gasteiger partial charge in [0.1, 0.15) is 17.5 Å². The maximum Gasteiger partial charge on any atom is 0.265 e. The molecule has 8 heteroatoms. The van der Waals surface area contributed by atoms with E-state index in [2.05, 4.69) is 5.32 Å². The Hall–Kier alpha value is -3.84. The highest BCUT2D eigenvalue weighted by Crippen LogP contribution is 2.34. The Labute approximate surface area is 202 Å². The van der Waals surface area contributed by atoms with Gasteiger partial charge in [0, 0.05) is 17.1 Å². The van der Waals surface area contributed by atoms with E-state index in [1.807, 2.05) is 30.3 Å². The van der Waals surface area contributed by atoms with Gasteiger partial charge in [-0.25, -0.2) is 0 Å². The van der Waals surface area contributed by atoms with Gasteiger partial charge in [-0.1, -0.05) is 48.0 Å². The van der Waals surface area contributed by atoms with Crippen LogP contribution in [0.15, 0.2) is 72.8 Å². The van der Waals surface area contributed by atoms with Crippen molar-refractivity contribution in [2.45, 2.75) is 19.5 Å². The summed E-state index contributed by atoms with van der Waals surface area (Å²) in [4.78, 5) is 39.7. The lowest BCUT2D eigenvalue weighted by Gasteiger charge is -2.33. The molecule has 0 aromatic heterocycles. The monoisotopic (exact) mass is 478 g/mol. The first kappa shape index (κ1) is 23.3. The number of amides is 2. The Balaban J connectivity index is 1.49. The molecule has 4 rings (SSSR count). The number of ether oxygens (including phenoxy) is 2. The second kappa shape index (κ2) is 10.4. The second-order valence-corrected chi connectivity index (χ2v) is 8.22. The van der Waals surface area contributed by atoms with Gasteiger partial charge in [0.25, 0.3) is 5.91 Å². The molecule has 3 aromatic rings. The zero-order valence-corrected chi connectivity index (χ0v) is 19.2. The molecule has 34 heavy (non-hydrogen) atoms. The predicted molar refractivity (Wildman–Crippen MR) is 128 cm³/mol. The van der Waals surface area contributed by atoms with Crippen LogP contribution in [0.4, 0.5) is 5.69 Å². The minimum Gasteiger partial charge on any atom is -0.485 e. The molecule has 1 aliphatic heterocycles. The molecule has 1 heterocycles. The number of carbonyl (C=O) groups excluding carboxylic acids is 3. The lowest BCUT2D eigenvalue weighted by molar-refractivity contribution is -0.127. The molecule has 1 atom stereocenters. The SMILES string of the molecule is CC(C(=O)NCc1ccccc1)N1C(=O)COc2ccc(C(=O)COc3cccc(Cl)c3)cc21. The summed E-state index contributed by atoms with van der Waals surface area (Å²) in [6.45, 7) is 1.59. The maximum atomic E-state index is 12.8. The number of ketones is 1. The molecule has 1 unspecified atom stereocenters. The zero-order chi connectivity index (χ0) is 24.1. The fourth-order valence-corrected chi connectivity index (χ4v) is 3.79. The van der Waals surface area contributed by atoms with Crippen LogP contribution in [0.3, 0.4) is 0 Å². The molecule has 0 aliphatic carbocycles. The van der Waals surface area contributed by atoms with E-state index in [1.165, 1.54) is 4.90 Å². The van der Waals surface area contributed by atoms with Crippen molar-refractivity contribution in [2.75, 3.05) is 18.1 Å². The fraction of sp³-hybridized carbons (Fsp3) is 0.192. The number of halogens is 1. The highest BCUT2D eigenvalue weighted by molar-refractivity contribution is 6.30. The van der Waals surface area contributed by atoms with E-state index in [0.29, 0.717) is 34.3 Å². The van der Waals surface area contributed by atoms with Gasteiger partial charge in [-0.3, -0.25) is 19.3 Å². The van der Waals surface area contributed by atoms with Crippen LogP contribution in [0.25, 0.3) is 0 Å². The molecule has 1 aliphatic rings. The van der Waals surface area contributed by atoms with Crippen molar-refractivity contribution in [1.29, 1.82) is 0 Å². The first-order valence-electron chi connectivity index (χ1n) is 10.7. The van der Waals surface area contributed by atoms with E-state index in [1.54, 1.807) is 49.4 Å². The summed E-state index contributed by atoms with van der Waals surface area (Å²) >= 11 is 5.95. The van der Waals surface area contributed by atoms with Crippen LogP contribution >= 0.6 is 11.6 Å². The Morgan fingerprint density at radius 3 is 2.65 bits per heavy atom. The van der Waals surface area contributed by atoms with E-state index in [4.69, 9.17) is 21.1 Å². The highest BCUT2D eigenvalue weighted by Gasteiger charge is 2.33. The Morgan fingerprint density at radius 2 is 1.88 bits per heavy atom. The molecule has 0 radical (unpaired) electrons. The number of anilines is 1. The predicted octanol–water partition coefficient (Wildman–Crippen LogP) is 4.03. The summed E-state index contributed by atoms with van der Waals surface area (Å²) in [5, 5.41) is 3.36. The van der Waals surface area contributed by atoms with Gasteiger partial charge >= 0.3 is 0 Å². The van der Waals surface area contributed by atoms with E-state index < -0.39 is 6.04 Å². The molecule has 3 aromatic carbocycles. The van der Waals surface area contributed by atoms with Gasteiger partial charge in [0.15, 0.2) is 19.0 Å². The number of nitrogens with one attached hydrogen (secondary N) is 1. The van der Waals surface area contributed by atoms with Crippen LogP contribution in [0.1, 0.15) is 22.8 Å². The topological polar surface area (TPSA) is 84.9 Å². The molecular weight excluding hydrogens is 456 g/mol. The maximum absolute atomic E-state index is 12.8. The van der Waals surface area contributed by atoms with Gasteiger partial charge in [-0.15, -0.1) is 0 Å². The number of hydrogen-bond donors (Lipinski definition) is 1. The molecular formula is C26H23ClN2O5. The van der Waals surface area contributed by atoms with Gasteiger partial charge in [0.05, 0.1) is 5.69 Å². The number of benzene rings is 3. The third-order valence-electron chi connectivity index (χ3n) is 5.40. The van der Waals surface area contributed by atoms with E-state index in [9.17, 15) is 14.4 Å².